The summed E-state index contributed by atoms with van der Waals surface area (Å²) in [5.41, 5.74) is 1.29. The molecule has 0 aliphatic heterocycles. The molecule has 1 atom stereocenters. The van der Waals surface area contributed by atoms with Crippen molar-refractivity contribution in [3.8, 4) is 0 Å². The van der Waals surface area contributed by atoms with Crippen LogP contribution in [0.4, 0.5) is 4.39 Å². The van der Waals surface area contributed by atoms with Crippen LogP contribution in [0.5, 0.6) is 0 Å². The molecular weight excluding hydrogens is 361 g/mol. The molecule has 0 aliphatic rings. The number of hydrogen-bond acceptors (Lipinski definition) is 0. The third kappa shape index (κ3) is 3.00. The monoisotopic (exact) mass is 366 g/mol. The van der Waals surface area contributed by atoms with E-state index in [1.54, 1.807) is 30.3 Å². The van der Waals surface area contributed by atoms with Gasteiger partial charge in [-0.15, -0.1) is 11.6 Å². The van der Waals surface area contributed by atoms with E-state index in [0.29, 0.717) is 25.6 Å². The third-order valence-electron chi connectivity index (χ3n) is 2.47. The molecule has 0 aliphatic carbocycles. The van der Waals surface area contributed by atoms with Crippen LogP contribution in [0, 0.1) is 5.82 Å². The Bertz CT molecular complexity index is 586. The molecule has 0 bridgehead atoms. The molecule has 0 saturated carbocycles. The molecule has 1 unspecified atom stereocenters. The van der Waals surface area contributed by atoms with Gasteiger partial charge in [-0.05, 0) is 57.4 Å². The van der Waals surface area contributed by atoms with E-state index in [1.807, 2.05) is 0 Å². The maximum absolute atomic E-state index is 13.5. The van der Waals surface area contributed by atoms with Crippen LogP contribution >= 0.6 is 50.7 Å². The topological polar surface area (TPSA) is 0 Å². The van der Waals surface area contributed by atoms with Crippen molar-refractivity contribution < 1.29 is 4.39 Å². The van der Waals surface area contributed by atoms with Gasteiger partial charge in [-0.25, -0.2) is 4.39 Å². The molecule has 5 heteroatoms. The minimum Gasteiger partial charge on any atom is -0.206 e. The van der Waals surface area contributed by atoms with Gasteiger partial charge in [-0.1, -0.05) is 29.3 Å². The van der Waals surface area contributed by atoms with E-state index in [-0.39, 0.29) is 5.82 Å². The molecule has 0 aromatic heterocycles. The Labute approximate surface area is 128 Å². The first-order valence-corrected chi connectivity index (χ1v) is 7.01. The standard InChI is InChI=1S/C13H7BrCl3F/c14-10-3-1-7(5-12(10)18)13(17)9-6-8(15)2-4-11(9)16/h1-6,13H. The largest absolute Gasteiger partial charge is 0.206 e. The summed E-state index contributed by atoms with van der Waals surface area (Å²) in [5, 5.41) is 0.499. The molecule has 0 spiro atoms. The van der Waals surface area contributed by atoms with E-state index >= 15 is 0 Å². The minimum absolute atomic E-state index is 0.365. The molecule has 0 saturated heterocycles. The SMILES string of the molecule is Fc1cc(C(Cl)c2cc(Cl)ccc2Cl)ccc1Br. The predicted molar refractivity (Wildman–Crippen MR) is 78.3 cm³/mol. The van der Waals surface area contributed by atoms with Gasteiger partial charge in [0.05, 0.1) is 9.85 Å². The zero-order valence-electron chi connectivity index (χ0n) is 8.93. The Balaban J connectivity index is 2.44. The minimum atomic E-state index is -0.543. The van der Waals surface area contributed by atoms with Crippen LogP contribution in [-0.2, 0) is 0 Å². The molecular formula is C13H7BrCl3F. The van der Waals surface area contributed by atoms with Crippen LogP contribution in [0.1, 0.15) is 16.5 Å². The second-order valence-corrected chi connectivity index (χ2v) is 5.84. The van der Waals surface area contributed by atoms with E-state index in [0.717, 1.165) is 0 Å². The molecule has 0 amide bonds. The van der Waals surface area contributed by atoms with Crippen molar-refractivity contribution in [2.75, 3.05) is 0 Å². The van der Waals surface area contributed by atoms with Crippen molar-refractivity contribution in [3.05, 3.63) is 67.9 Å². The zero-order chi connectivity index (χ0) is 13.3. The number of hydrogen-bond donors (Lipinski definition) is 0. The molecule has 0 radical (unpaired) electrons. The molecule has 94 valence electrons. The highest BCUT2D eigenvalue weighted by molar-refractivity contribution is 9.10. The van der Waals surface area contributed by atoms with Gasteiger partial charge in [0.2, 0.25) is 0 Å². The molecule has 0 fully saturated rings. The lowest BCUT2D eigenvalue weighted by atomic mass is 10.0. The van der Waals surface area contributed by atoms with Gasteiger partial charge >= 0.3 is 0 Å². The fourth-order valence-corrected chi connectivity index (χ4v) is 2.58. The third-order valence-corrected chi connectivity index (χ3v) is 4.18. The summed E-state index contributed by atoms with van der Waals surface area (Å²) in [6.45, 7) is 0. The summed E-state index contributed by atoms with van der Waals surface area (Å²) in [4.78, 5) is 0. The van der Waals surface area contributed by atoms with Gasteiger partial charge in [0.15, 0.2) is 0 Å². The van der Waals surface area contributed by atoms with Crippen molar-refractivity contribution >= 4 is 50.7 Å². The van der Waals surface area contributed by atoms with Crippen LogP contribution in [0.15, 0.2) is 40.9 Å². The van der Waals surface area contributed by atoms with Crippen molar-refractivity contribution in [1.82, 2.24) is 0 Å². The van der Waals surface area contributed by atoms with Crippen LogP contribution in [-0.4, -0.2) is 0 Å². The summed E-state index contributed by atoms with van der Waals surface area (Å²) in [5.74, 6) is -0.365. The van der Waals surface area contributed by atoms with E-state index in [2.05, 4.69) is 15.9 Å². The Hall–Kier alpha value is -0.280. The number of rotatable bonds is 2. The first-order chi connectivity index (χ1) is 8.49. The summed E-state index contributed by atoms with van der Waals surface area (Å²) >= 11 is 21.4. The van der Waals surface area contributed by atoms with Crippen LogP contribution < -0.4 is 0 Å². The van der Waals surface area contributed by atoms with Gasteiger partial charge in [0.1, 0.15) is 5.82 Å². The van der Waals surface area contributed by atoms with Gasteiger partial charge < -0.3 is 0 Å². The molecule has 2 aromatic rings. The molecule has 0 N–H and O–H groups in total. The maximum atomic E-state index is 13.5. The lowest BCUT2D eigenvalue weighted by Gasteiger charge is -2.13. The van der Waals surface area contributed by atoms with Crippen LogP contribution in [0.3, 0.4) is 0 Å². The number of benzene rings is 2. The zero-order valence-corrected chi connectivity index (χ0v) is 12.8. The highest BCUT2D eigenvalue weighted by atomic mass is 79.9. The van der Waals surface area contributed by atoms with E-state index in [1.165, 1.54) is 6.07 Å². The van der Waals surface area contributed by atoms with Crippen LogP contribution in [0.25, 0.3) is 0 Å². The molecule has 2 rings (SSSR count). The fraction of sp³-hybridized carbons (Fsp3) is 0.0769. The van der Waals surface area contributed by atoms with Gasteiger partial charge in [-0.3, -0.25) is 0 Å². The molecule has 18 heavy (non-hydrogen) atoms. The summed E-state index contributed by atoms with van der Waals surface area (Å²) < 4.78 is 13.9. The van der Waals surface area contributed by atoms with E-state index in [4.69, 9.17) is 34.8 Å². The van der Waals surface area contributed by atoms with Crippen molar-refractivity contribution in [2.45, 2.75) is 5.38 Å². The quantitative estimate of drug-likeness (QED) is 0.552. The van der Waals surface area contributed by atoms with Crippen molar-refractivity contribution in [2.24, 2.45) is 0 Å². The Morgan fingerprint density at radius 2 is 1.78 bits per heavy atom. The highest BCUT2D eigenvalue weighted by Crippen LogP contribution is 2.36. The fourth-order valence-electron chi connectivity index (χ4n) is 1.56. The van der Waals surface area contributed by atoms with Crippen LogP contribution in [0.2, 0.25) is 10.0 Å². The first kappa shape index (κ1) is 14.1. The second-order valence-electron chi connectivity index (χ2n) is 3.70. The average molecular weight is 368 g/mol. The average Bonchev–Trinajstić information content (AvgIpc) is 2.35. The normalized spacial score (nSPS) is 12.5. The summed E-state index contributed by atoms with van der Waals surface area (Å²) in [6, 6.07) is 9.75. The van der Waals surface area contributed by atoms with E-state index in [9.17, 15) is 4.39 Å². The Kier molecular flexibility index (Phi) is 4.54. The highest BCUT2D eigenvalue weighted by Gasteiger charge is 2.16. The van der Waals surface area contributed by atoms with Crippen molar-refractivity contribution in [1.29, 1.82) is 0 Å². The Morgan fingerprint density at radius 3 is 2.44 bits per heavy atom. The lowest BCUT2D eigenvalue weighted by molar-refractivity contribution is 0.619. The molecule has 2 aromatic carbocycles. The second kappa shape index (κ2) is 5.79. The predicted octanol–water partition coefficient (Wildman–Crippen LogP) is 6.22. The molecule has 0 heterocycles. The Morgan fingerprint density at radius 1 is 1.06 bits per heavy atom. The summed E-state index contributed by atoms with van der Waals surface area (Å²) in [7, 11) is 0. The first-order valence-electron chi connectivity index (χ1n) is 5.03. The maximum Gasteiger partial charge on any atom is 0.137 e. The van der Waals surface area contributed by atoms with Crippen molar-refractivity contribution in [3.63, 3.8) is 0 Å². The van der Waals surface area contributed by atoms with Gasteiger partial charge in [0.25, 0.3) is 0 Å². The van der Waals surface area contributed by atoms with Gasteiger partial charge in [-0.2, -0.15) is 0 Å². The summed E-state index contributed by atoms with van der Waals surface area (Å²) in [6.07, 6.45) is 0. The van der Waals surface area contributed by atoms with E-state index < -0.39 is 5.38 Å². The lowest BCUT2D eigenvalue weighted by Crippen LogP contribution is -1.95. The smallest absolute Gasteiger partial charge is 0.137 e. The molecule has 0 nitrogen and oxygen atoms in total. The number of halogens is 5. The van der Waals surface area contributed by atoms with Gasteiger partial charge in [0, 0.05) is 10.0 Å². The number of alkyl halides is 1.